The van der Waals surface area contributed by atoms with E-state index in [1.807, 2.05) is 0 Å². The first-order chi connectivity index (χ1) is 21.5. The zero-order chi connectivity index (χ0) is 32.7. The van der Waals surface area contributed by atoms with Gasteiger partial charge in [-0.05, 0) is 106 Å². The highest BCUT2D eigenvalue weighted by Gasteiger charge is 2.36. The zero-order valence-electron chi connectivity index (χ0n) is 28.8. The van der Waals surface area contributed by atoms with Crippen molar-refractivity contribution >= 4 is 48.6 Å². The van der Waals surface area contributed by atoms with E-state index < -0.39 is 7.92 Å². The van der Waals surface area contributed by atoms with Crippen molar-refractivity contribution in [3.63, 3.8) is 0 Å². The standard InChI is InChI=1S/C40H53Cl2N2P/c1-9-11-20-45(21-12-10-2)39(42)36(27-35(41)26-34-16-14-13-15-17-34)40-43(37-30(5)22-28(3)23-31(37)6)18-19-44(40)38-32(7)24-29(4)25-33(38)8/h13-17,22-26,39H,9-12,18-21,27H2,1-8H3. The molecular formula is C40H53Cl2N2P. The van der Waals surface area contributed by atoms with Crippen LogP contribution in [-0.4, -0.2) is 30.5 Å². The minimum atomic E-state index is -0.427. The van der Waals surface area contributed by atoms with Gasteiger partial charge in [-0.3, -0.25) is 0 Å². The van der Waals surface area contributed by atoms with Gasteiger partial charge >= 0.3 is 0 Å². The Hall–Kier alpha value is -2.25. The molecule has 1 fully saturated rings. The van der Waals surface area contributed by atoms with Crippen LogP contribution in [0.3, 0.4) is 0 Å². The lowest BCUT2D eigenvalue weighted by atomic mass is 10.0. The van der Waals surface area contributed by atoms with Crippen LogP contribution in [0.15, 0.2) is 71.0 Å². The van der Waals surface area contributed by atoms with Crippen molar-refractivity contribution in [3.05, 3.63) is 110 Å². The van der Waals surface area contributed by atoms with E-state index in [0.717, 1.165) is 23.7 Å². The molecule has 1 aliphatic heterocycles. The maximum atomic E-state index is 7.86. The van der Waals surface area contributed by atoms with Crippen LogP contribution in [0.1, 0.15) is 84.9 Å². The Balaban J connectivity index is 2.00. The van der Waals surface area contributed by atoms with Gasteiger partial charge in [0.1, 0.15) is 5.82 Å². The molecule has 45 heavy (non-hydrogen) atoms. The van der Waals surface area contributed by atoms with Gasteiger partial charge in [0.25, 0.3) is 0 Å². The van der Waals surface area contributed by atoms with Gasteiger partial charge in [0.2, 0.25) is 0 Å². The SMILES string of the molecule is CCCCP(CCCC)C(Cl)C(CC(Cl)=Cc1ccccc1)=C1N(c2c(C)cc(C)cc2C)CCN1c1c(C)cc(C)cc1C. The fourth-order valence-electron chi connectivity index (χ4n) is 7.05. The molecule has 242 valence electrons. The molecule has 3 aromatic carbocycles. The molecular weight excluding hydrogens is 610 g/mol. The van der Waals surface area contributed by atoms with Crippen LogP contribution in [0.5, 0.6) is 0 Å². The van der Waals surface area contributed by atoms with Crippen LogP contribution >= 0.6 is 31.1 Å². The molecule has 2 nitrogen and oxygen atoms in total. The fraction of sp³-hybridized carbons (Fsp3) is 0.450. The molecule has 1 atom stereocenters. The first kappa shape index (κ1) is 35.6. The quantitative estimate of drug-likeness (QED) is 0.133. The third-order valence-corrected chi connectivity index (χ3v) is 12.9. The van der Waals surface area contributed by atoms with Crippen LogP contribution in [0.25, 0.3) is 6.08 Å². The number of hydrogen-bond acceptors (Lipinski definition) is 2. The zero-order valence-corrected chi connectivity index (χ0v) is 31.2. The second kappa shape index (κ2) is 16.5. The lowest BCUT2D eigenvalue weighted by molar-refractivity contribution is 0.862. The van der Waals surface area contributed by atoms with Gasteiger partial charge in [0, 0.05) is 35.9 Å². The summed E-state index contributed by atoms with van der Waals surface area (Å²) in [6.45, 7) is 19.8. The molecule has 1 unspecified atom stereocenters. The summed E-state index contributed by atoms with van der Waals surface area (Å²) in [6.07, 6.45) is 9.97. The first-order valence-electron chi connectivity index (χ1n) is 16.8. The second-order valence-corrected chi connectivity index (χ2v) is 16.7. The van der Waals surface area contributed by atoms with Crippen LogP contribution < -0.4 is 9.80 Å². The van der Waals surface area contributed by atoms with Crippen LogP contribution in [0.2, 0.25) is 0 Å². The molecule has 0 radical (unpaired) electrons. The van der Waals surface area contributed by atoms with Crippen molar-refractivity contribution in [2.45, 2.75) is 92.6 Å². The van der Waals surface area contributed by atoms with Crippen molar-refractivity contribution < 1.29 is 0 Å². The molecule has 0 saturated carbocycles. The third-order valence-electron chi connectivity index (χ3n) is 8.84. The van der Waals surface area contributed by atoms with Crippen LogP contribution in [-0.2, 0) is 0 Å². The number of anilines is 2. The Bertz CT molecular complexity index is 1390. The lowest BCUT2D eigenvalue weighted by Gasteiger charge is -2.35. The third kappa shape index (κ3) is 8.77. The molecule has 0 bridgehead atoms. The second-order valence-electron chi connectivity index (χ2n) is 12.9. The summed E-state index contributed by atoms with van der Waals surface area (Å²) < 4.78 is 0. The number of halogens is 2. The number of unbranched alkanes of at least 4 members (excludes halogenated alkanes) is 2. The Morgan fingerprint density at radius 1 is 0.756 bits per heavy atom. The van der Waals surface area contributed by atoms with E-state index in [2.05, 4.69) is 126 Å². The molecule has 1 heterocycles. The molecule has 1 aliphatic rings. The minimum absolute atomic E-state index is 0.0637. The molecule has 0 aliphatic carbocycles. The highest BCUT2D eigenvalue weighted by atomic mass is 35.5. The topological polar surface area (TPSA) is 6.48 Å². The van der Waals surface area contributed by atoms with E-state index in [4.69, 9.17) is 23.2 Å². The summed E-state index contributed by atoms with van der Waals surface area (Å²) >= 11 is 15.1. The molecule has 0 spiro atoms. The number of aryl methyl sites for hydroxylation is 6. The lowest BCUT2D eigenvalue weighted by Crippen LogP contribution is -2.29. The van der Waals surface area contributed by atoms with Gasteiger partial charge in [-0.2, -0.15) is 0 Å². The molecule has 0 amide bonds. The molecule has 3 aromatic rings. The largest absolute Gasteiger partial charge is 0.325 e. The Morgan fingerprint density at radius 2 is 1.20 bits per heavy atom. The summed E-state index contributed by atoms with van der Waals surface area (Å²) in [7, 11) is -0.427. The van der Waals surface area contributed by atoms with Crippen molar-refractivity contribution in [1.82, 2.24) is 0 Å². The van der Waals surface area contributed by atoms with Gasteiger partial charge < -0.3 is 9.80 Å². The average Bonchev–Trinajstić information content (AvgIpc) is 3.38. The summed E-state index contributed by atoms with van der Waals surface area (Å²) in [6, 6.07) is 19.7. The molecule has 0 aromatic heterocycles. The van der Waals surface area contributed by atoms with Crippen molar-refractivity contribution in [3.8, 4) is 0 Å². The summed E-state index contributed by atoms with van der Waals surface area (Å²) in [4.78, 5) is 5.15. The van der Waals surface area contributed by atoms with Gasteiger partial charge in [0.15, 0.2) is 0 Å². The number of nitrogens with zero attached hydrogens (tertiary/aromatic N) is 2. The molecule has 0 N–H and O–H groups in total. The van der Waals surface area contributed by atoms with Crippen LogP contribution in [0.4, 0.5) is 11.4 Å². The number of benzene rings is 3. The molecule has 5 heteroatoms. The maximum absolute atomic E-state index is 7.86. The molecule has 4 rings (SSSR count). The summed E-state index contributed by atoms with van der Waals surface area (Å²) in [5, 5.41) is 0.767. The smallest absolute Gasteiger partial charge is 0.114 e. The highest BCUT2D eigenvalue weighted by Crippen LogP contribution is 2.52. The normalized spacial score (nSPS) is 14.6. The van der Waals surface area contributed by atoms with Crippen LogP contribution in [0, 0.1) is 41.5 Å². The van der Waals surface area contributed by atoms with E-state index in [1.54, 1.807) is 0 Å². The van der Waals surface area contributed by atoms with Crippen molar-refractivity contribution in [2.75, 3.05) is 35.2 Å². The summed E-state index contributed by atoms with van der Waals surface area (Å²) in [5.74, 6) is 1.24. The Morgan fingerprint density at radius 3 is 1.62 bits per heavy atom. The fourth-order valence-corrected chi connectivity index (χ4v) is 10.8. The maximum Gasteiger partial charge on any atom is 0.114 e. The number of alkyl halides is 1. The predicted molar refractivity (Wildman–Crippen MR) is 204 cm³/mol. The Kier molecular flexibility index (Phi) is 13.1. The van der Waals surface area contributed by atoms with Gasteiger partial charge in [-0.25, -0.2) is 0 Å². The Labute approximate surface area is 285 Å². The van der Waals surface area contributed by atoms with E-state index in [0.29, 0.717) is 6.42 Å². The monoisotopic (exact) mass is 662 g/mol. The van der Waals surface area contributed by atoms with E-state index in [1.165, 1.54) is 94.2 Å². The van der Waals surface area contributed by atoms with E-state index in [9.17, 15) is 0 Å². The highest BCUT2D eigenvalue weighted by molar-refractivity contribution is 7.60. The predicted octanol–water partition coefficient (Wildman–Crippen LogP) is 12.4. The summed E-state index contributed by atoms with van der Waals surface area (Å²) in [5.41, 5.74) is 12.8. The van der Waals surface area contributed by atoms with Crippen molar-refractivity contribution in [2.24, 2.45) is 0 Å². The average molecular weight is 664 g/mol. The van der Waals surface area contributed by atoms with Gasteiger partial charge in [0.05, 0.1) is 5.12 Å². The number of allylic oxidation sites excluding steroid dienone is 2. The minimum Gasteiger partial charge on any atom is -0.325 e. The first-order valence-corrected chi connectivity index (χ1v) is 19.4. The van der Waals surface area contributed by atoms with E-state index in [-0.39, 0.29) is 5.12 Å². The number of rotatable bonds is 13. The van der Waals surface area contributed by atoms with Gasteiger partial charge in [-0.15, -0.1) is 11.6 Å². The van der Waals surface area contributed by atoms with E-state index >= 15 is 0 Å². The van der Waals surface area contributed by atoms with Gasteiger partial charge in [-0.1, -0.05) is 112 Å². The molecule has 1 saturated heterocycles. The number of hydrogen-bond donors (Lipinski definition) is 0. The van der Waals surface area contributed by atoms with Crippen molar-refractivity contribution in [1.29, 1.82) is 0 Å².